The molecule has 3 fully saturated rings. The highest BCUT2D eigenvalue weighted by Crippen LogP contribution is 2.42. The van der Waals surface area contributed by atoms with Gasteiger partial charge in [0.25, 0.3) is 0 Å². The number of piperidine rings is 2. The highest BCUT2D eigenvalue weighted by Gasteiger charge is 2.43. The molecule has 1 aromatic heterocycles. The number of imide groups is 1. The van der Waals surface area contributed by atoms with Crippen LogP contribution >= 0.6 is 0 Å². The molecule has 2 amide bonds. The zero-order chi connectivity index (χ0) is 18.6. The number of nitrogens with one attached hydrogen (secondary N) is 2. The summed E-state index contributed by atoms with van der Waals surface area (Å²) < 4.78 is 1.86. The molecule has 3 aliphatic rings. The molecule has 2 aromatic rings. The zero-order valence-electron chi connectivity index (χ0n) is 15.6. The lowest BCUT2D eigenvalue weighted by Gasteiger charge is -2.53. The molecule has 1 aromatic carbocycles. The van der Waals surface area contributed by atoms with E-state index in [1.165, 1.54) is 18.5 Å². The van der Waals surface area contributed by atoms with Crippen molar-refractivity contribution in [3.05, 3.63) is 23.9 Å². The molecule has 1 unspecified atom stereocenters. The minimum atomic E-state index is -0.348. The Balaban J connectivity index is 1.41. The highest BCUT2D eigenvalue weighted by atomic mass is 16.2. The monoisotopic (exact) mass is 367 g/mol. The van der Waals surface area contributed by atoms with Gasteiger partial charge in [-0.05, 0) is 50.6 Å². The normalized spacial score (nSPS) is 24.9. The van der Waals surface area contributed by atoms with Crippen LogP contribution in [0.3, 0.4) is 0 Å². The number of anilines is 1. The van der Waals surface area contributed by atoms with Gasteiger partial charge in [0.05, 0.1) is 17.1 Å². The second-order valence-electron chi connectivity index (χ2n) is 8.32. The number of aryl methyl sites for hydroxylation is 1. The average molecular weight is 367 g/mol. The van der Waals surface area contributed by atoms with Crippen LogP contribution in [0.15, 0.2) is 18.2 Å². The lowest BCUT2D eigenvalue weighted by atomic mass is 9.72. The topological polar surface area (TPSA) is 79.3 Å². The SMILES string of the molecule is Cn1nc(C2CCC(=O)NC2=O)c2ccc(N3CC4(CCNCC4)C3)cc21. The summed E-state index contributed by atoms with van der Waals surface area (Å²) in [5.41, 5.74) is 3.54. The molecule has 0 bridgehead atoms. The van der Waals surface area contributed by atoms with Gasteiger partial charge in [0.15, 0.2) is 0 Å². The van der Waals surface area contributed by atoms with Gasteiger partial charge in [0.2, 0.25) is 11.8 Å². The largest absolute Gasteiger partial charge is 0.370 e. The molecular weight excluding hydrogens is 342 g/mol. The first kappa shape index (κ1) is 16.7. The Morgan fingerprint density at radius 2 is 1.96 bits per heavy atom. The van der Waals surface area contributed by atoms with Crippen molar-refractivity contribution >= 4 is 28.4 Å². The van der Waals surface area contributed by atoms with Crippen molar-refractivity contribution in [3.63, 3.8) is 0 Å². The van der Waals surface area contributed by atoms with Gasteiger partial charge >= 0.3 is 0 Å². The first-order valence-corrected chi connectivity index (χ1v) is 9.81. The summed E-state index contributed by atoms with van der Waals surface area (Å²) in [6, 6.07) is 6.42. The zero-order valence-corrected chi connectivity index (χ0v) is 15.6. The third-order valence-electron chi connectivity index (χ3n) is 6.51. The Kier molecular flexibility index (Phi) is 3.75. The van der Waals surface area contributed by atoms with E-state index in [2.05, 4.69) is 38.8 Å². The number of nitrogens with zero attached hydrogens (tertiary/aromatic N) is 3. The molecule has 5 rings (SSSR count). The van der Waals surface area contributed by atoms with E-state index in [9.17, 15) is 9.59 Å². The molecule has 7 heteroatoms. The average Bonchev–Trinajstić information content (AvgIpc) is 2.96. The summed E-state index contributed by atoms with van der Waals surface area (Å²) in [6.45, 7) is 4.50. The third kappa shape index (κ3) is 2.72. The second kappa shape index (κ2) is 6.05. The highest BCUT2D eigenvalue weighted by molar-refractivity contribution is 6.02. The van der Waals surface area contributed by atoms with Crippen LogP contribution in [0.1, 0.15) is 37.3 Å². The van der Waals surface area contributed by atoms with E-state index in [0.717, 1.165) is 42.8 Å². The number of carbonyl (C=O) groups excluding carboxylic acids is 2. The number of hydrogen-bond acceptors (Lipinski definition) is 5. The lowest BCUT2D eigenvalue weighted by molar-refractivity contribution is -0.134. The minimum absolute atomic E-state index is 0.191. The van der Waals surface area contributed by atoms with Crippen LogP contribution in [0.4, 0.5) is 5.69 Å². The molecule has 27 heavy (non-hydrogen) atoms. The van der Waals surface area contributed by atoms with E-state index in [4.69, 9.17) is 0 Å². The van der Waals surface area contributed by atoms with Gasteiger partial charge in [-0.2, -0.15) is 5.10 Å². The van der Waals surface area contributed by atoms with E-state index in [-0.39, 0.29) is 17.7 Å². The molecule has 1 spiro atoms. The molecule has 3 aliphatic heterocycles. The van der Waals surface area contributed by atoms with E-state index in [0.29, 0.717) is 18.3 Å². The van der Waals surface area contributed by atoms with Crippen molar-refractivity contribution in [1.29, 1.82) is 0 Å². The summed E-state index contributed by atoms with van der Waals surface area (Å²) in [5.74, 6) is -0.770. The Bertz CT molecular complexity index is 920. The number of benzene rings is 1. The van der Waals surface area contributed by atoms with Gasteiger partial charge in [-0.3, -0.25) is 19.6 Å². The number of hydrogen-bond donors (Lipinski definition) is 2. The molecule has 3 saturated heterocycles. The Morgan fingerprint density at radius 1 is 1.19 bits per heavy atom. The van der Waals surface area contributed by atoms with E-state index in [1.807, 2.05) is 11.7 Å². The molecule has 2 N–H and O–H groups in total. The van der Waals surface area contributed by atoms with Crippen LogP contribution in [-0.4, -0.2) is 47.8 Å². The van der Waals surface area contributed by atoms with Gasteiger partial charge in [0.1, 0.15) is 0 Å². The first-order valence-electron chi connectivity index (χ1n) is 9.81. The van der Waals surface area contributed by atoms with Crippen molar-refractivity contribution in [3.8, 4) is 0 Å². The maximum Gasteiger partial charge on any atom is 0.235 e. The Labute approximate surface area is 158 Å². The second-order valence-corrected chi connectivity index (χ2v) is 8.32. The van der Waals surface area contributed by atoms with Gasteiger partial charge < -0.3 is 10.2 Å². The van der Waals surface area contributed by atoms with Crippen LogP contribution in [0.2, 0.25) is 0 Å². The van der Waals surface area contributed by atoms with Crippen molar-refractivity contribution in [2.75, 3.05) is 31.1 Å². The molecule has 4 heterocycles. The van der Waals surface area contributed by atoms with Gasteiger partial charge in [-0.15, -0.1) is 0 Å². The standard InChI is InChI=1S/C20H25N5O2/c1-24-16-10-13(25-11-20(12-25)6-8-21-9-7-20)2-3-14(16)18(23-24)15-4-5-17(26)22-19(15)27/h2-3,10,15,21H,4-9,11-12H2,1H3,(H,22,26,27). The summed E-state index contributed by atoms with van der Waals surface area (Å²) in [7, 11) is 1.92. The molecule has 142 valence electrons. The summed E-state index contributed by atoms with van der Waals surface area (Å²) >= 11 is 0. The smallest absolute Gasteiger partial charge is 0.235 e. The molecule has 0 saturated carbocycles. The van der Waals surface area contributed by atoms with Gasteiger partial charge in [-0.1, -0.05) is 0 Å². The quantitative estimate of drug-likeness (QED) is 0.782. The molecule has 0 radical (unpaired) electrons. The lowest BCUT2D eigenvalue weighted by Crippen LogP contribution is -2.60. The minimum Gasteiger partial charge on any atom is -0.370 e. The van der Waals surface area contributed by atoms with Crippen LogP contribution in [0.25, 0.3) is 10.9 Å². The number of fused-ring (bicyclic) bond motifs is 1. The van der Waals surface area contributed by atoms with Crippen molar-refractivity contribution in [2.45, 2.75) is 31.6 Å². The van der Waals surface area contributed by atoms with Gasteiger partial charge in [-0.25, -0.2) is 0 Å². The van der Waals surface area contributed by atoms with E-state index >= 15 is 0 Å². The van der Waals surface area contributed by atoms with Crippen molar-refractivity contribution in [1.82, 2.24) is 20.4 Å². The molecule has 1 atom stereocenters. The number of rotatable bonds is 2. The number of carbonyl (C=O) groups is 2. The summed E-state index contributed by atoms with van der Waals surface area (Å²) in [4.78, 5) is 26.2. The maximum atomic E-state index is 12.3. The van der Waals surface area contributed by atoms with Gasteiger partial charge in [0, 0.05) is 43.0 Å². The van der Waals surface area contributed by atoms with Crippen LogP contribution in [0, 0.1) is 5.41 Å². The first-order chi connectivity index (χ1) is 13.0. The molecule has 0 aliphatic carbocycles. The van der Waals surface area contributed by atoms with Crippen LogP contribution < -0.4 is 15.5 Å². The third-order valence-corrected chi connectivity index (χ3v) is 6.51. The van der Waals surface area contributed by atoms with E-state index < -0.39 is 0 Å². The predicted molar refractivity (Wildman–Crippen MR) is 103 cm³/mol. The van der Waals surface area contributed by atoms with Crippen LogP contribution in [0.5, 0.6) is 0 Å². The maximum absolute atomic E-state index is 12.3. The van der Waals surface area contributed by atoms with Crippen molar-refractivity contribution in [2.24, 2.45) is 12.5 Å². The predicted octanol–water partition coefficient (Wildman–Crippen LogP) is 1.28. The summed E-state index contributed by atoms with van der Waals surface area (Å²) in [5, 5.41) is 11.5. The summed E-state index contributed by atoms with van der Waals surface area (Å²) in [6.07, 6.45) is 3.42. The number of amides is 2. The Morgan fingerprint density at radius 3 is 2.70 bits per heavy atom. The van der Waals surface area contributed by atoms with E-state index in [1.54, 1.807) is 0 Å². The fourth-order valence-electron chi connectivity index (χ4n) is 4.90. The fraction of sp³-hybridized carbons (Fsp3) is 0.550. The molecular formula is C20H25N5O2. The number of aromatic nitrogens is 2. The van der Waals surface area contributed by atoms with Crippen LogP contribution in [-0.2, 0) is 16.6 Å². The van der Waals surface area contributed by atoms with Crippen molar-refractivity contribution < 1.29 is 9.59 Å². The Hall–Kier alpha value is -2.41. The fourth-order valence-corrected chi connectivity index (χ4v) is 4.90. The molecule has 7 nitrogen and oxygen atoms in total.